The number of pyridine rings is 1. The average Bonchev–Trinajstić information content (AvgIpc) is 3.59. The van der Waals surface area contributed by atoms with Gasteiger partial charge in [-0.3, -0.25) is 9.59 Å². The molecule has 1 aromatic heterocycles. The van der Waals surface area contributed by atoms with E-state index in [1.807, 2.05) is 47.4 Å². The number of rotatable bonds is 6. The zero-order valence-corrected chi connectivity index (χ0v) is 15.7. The van der Waals surface area contributed by atoms with Gasteiger partial charge in [0.1, 0.15) is 11.6 Å². The third kappa shape index (κ3) is 4.60. The molecule has 0 atom stereocenters. The maximum Gasteiger partial charge on any atom is 0.262 e. The number of carbonyl (C=O) groups is 2. The Morgan fingerprint density at radius 3 is 2.43 bits per heavy atom. The minimum absolute atomic E-state index is 0.0528. The van der Waals surface area contributed by atoms with Crippen LogP contribution in [-0.2, 0) is 9.59 Å². The first-order valence-corrected chi connectivity index (χ1v) is 9.66. The Labute approximate surface area is 164 Å². The molecule has 28 heavy (non-hydrogen) atoms. The SMILES string of the molecule is O=C(COc1ccccc1)Nc1ccc(N2CCN(C(=O)C3CC3)CC2)nc1. The maximum atomic E-state index is 12.1. The predicted octanol–water partition coefficient (Wildman–Crippen LogP) is 2.16. The van der Waals surface area contributed by atoms with Crippen LogP contribution in [0.15, 0.2) is 48.7 Å². The molecule has 0 bridgehead atoms. The van der Waals surface area contributed by atoms with Crippen LogP contribution in [-0.4, -0.2) is 54.5 Å². The highest BCUT2D eigenvalue weighted by Crippen LogP contribution is 2.31. The number of carbonyl (C=O) groups excluding carboxylic acids is 2. The molecule has 1 saturated heterocycles. The number of hydrogen-bond acceptors (Lipinski definition) is 5. The molecule has 7 heteroatoms. The van der Waals surface area contributed by atoms with Gasteiger partial charge in [-0.05, 0) is 37.1 Å². The van der Waals surface area contributed by atoms with E-state index in [1.165, 1.54) is 0 Å². The van der Waals surface area contributed by atoms with Crippen LogP contribution < -0.4 is 15.0 Å². The second kappa shape index (κ2) is 8.29. The van der Waals surface area contributed by atoms with Gasteiger partial charge in [-0.1, -0.05) is 18.2 Å². The van der Waals surface area contributed by atoms with E-state index in [2.05, 4.69) is 15.2 Å². The smallest absolute Gasteiger partial charge is 0.262 e. The van der Waals surface area contributed by atoms with Crippen LogP contribution >= 0.6 is 0 Å². The van der Waals surface area contributed by atoms with Crippen molar-refractivity contribution in [3.8, 4) is 5.75 Å². The number of para-hydroxylation sites is 1. The Balaban J connectivity index is 1.24. The van der Waals surface area contributed by atoms with Gasteiger partial charge in [0.2, 0.25) is 5.91 Å². The summed E-state index contributed by atoms with van der Waals surface area (Å²) in [5, 5.41) is 2.79. The standard InChI is InChI=1S/C21H24N4O3/c26-20(15-28-18-4-2-1-3-5-18)23-17-8-9-19(22-14-17)24-10-12-25(13-11-24)21(27)16-6-7-16/h1-5,8-9,14,16H,6-7,10-13,15H2,(H,23,26). The largest absolute Gasteiger partial charge is 0.484 e. The summed E-state index contributed by atoms with van der Waals surface area (Å²) in [5.74, 6) is 1.87. The van der Waals surface area contributed by atoms with Crippen LogP contribution in [0.5, 0.6) is 5.75 Å². The third-order valence-electron chi connectivity index (χ3n) is 4.99. The Morgan fingerprint density at radius 1 is 1.04 bits per heavy atom. The molecule has 1 aromatic carbocycles. The van der Waals surface area contributed by atoms with Gasteiger partial charge < -0.3 is 19.9 Å². The number of piperazine rings is 1. The predicted molar refractivity (Wildman–Crippen MR) is 106 cm³/mol. The van der Waals surface area contributed by atoms with Crippen LogP contribution in [0.25, 0.3) is 0 Å². The Kier molecular flexibility index (Phi) is 5.41. The van der Waals surface area contributed by atoms with E-state index in [0.29, 0.717) is 17.3 Å². The van der Waals surface area contributed by atoms with Crippen molar-refractivity contribution in [1.29, 1.82) is 0 Å². The first kappa shape index (κ1) is 18.3. The number of hydrogen-bond donors (Lipinski definition) is 1. The lowest BCUT2D eigenvalue weighted by Crippen LogP contribution is -2.49. The fraction of sp³-hybridized carbons (Fsp3) is 0.381. The van der Waals surface area contributed by atoms with Crippen LogP contribution in [0.4, 0.5) is 11.5 Å². The van der Waals surface area contributed by atoms with E-state index in [1.54, 1.807) is 6.20 Å². The van der Waals surface area contributed by atoms with Crippen molar-refractivity contribution in [1.82, 2.24) is 9.88 Å². The van der Waals surface area contributed by atoms with Crippen molar-refractivity contribution in [2.75, 3.05) is 43.0 Å². The molecule has 0 radical (unpaired) electrons. The van der Waals surface area contributed by atoms with E-state index in [-0.39, 0.29) is 18.4 Å². The average molecular weight is 380 g/mol. The topological polar surface area (TPSA) is 74.8 Å². The van der Waals surface area contributed by atoms with Gasteiger partial charge in [-0.2, -0.15) is 0 Å². The molecular weight excluding hydrogens is 356 g/mol. The van der Waals surface area contributed by atoms with Crippen molar-refractivity contribution >= 4 is 23.3 Å². The lowest BCUT2D eigenvalue weighted by Gasteiger charge is -2.35. The molecule has 1 aliphatic carbocycles. The number of nitrogens with zero attached hydrogens (tertiary/aromatic N) is 3. The molecule has 4 rings (SSSR count). The third-order valence-corrected chi connectivity index (χ3v) is 4.99. The number of nitrogens with one attached hydrogen (secondary N) is 1. The molecule has 1 N–H and O–H groups in total. The van der Waals surface area contributed by atoms with Gasteiger partial charge in [0.15, 0.2) is 6.61 Å². The summed E-state index contributed by atoms with van der Waals surface area (Å²) in [5.41, 5.74) is 0.632. The minimum Gasteiger partial charge on any atom is -0.484 e. The normalized spacial score (nSPS) is 16.6. The second-order valence-corrected chi connectivity index (χ2v) is 7.14. The van der Waals surface area contributed by atoms with Crippen molar-refractivity contribution in [2.45, 2.75) is 12.8 Å². The second-order valence-electron chi connectivity index (χ2n) is 7.14. The first-order chi connectivity index (χ1) is 13.7. The summed E-state index contributed by atoms with van der Waals surface area (Å²) in [6.45, 7) is 2.99. The molecule has 7 nitrogen and oxygen atoms in total. The highest BCUT2D eigenvalue weighted by molar-refractivity contribution is 5.91. The highest BCUT2D eigenvalue weighted by atomic mass is 16.5. The molecular formula is C21H24N4O3. The zero-order chi connectivity index (χ0) is 19.3. The first-order valence-electron chi connectivity index (χ1n) is 9.66. The quantitative estimate of drug-likeness (QED) is 0.831. The van der Waals surface area contributed by atoms with Gasteiger partial charge in [-0.25, -0.2) is 4.98 Å². The molecule has 0 spiro atoms. The van der Waals surface area contributed by atoms with Gasteiger partial charge in [0, 0.05) is 32.1 Å². The summed E-state index contributed by atoms with van der Waals surface area (Å²) < 4.78 is 5.44. The summed E-state index contributed by atoms with van der Waals surface area (Å²) in [6.07, 6.45) is 3.74. The van der Waals surface area contributed by atoms with E-state index in [4.69, 9.17) is 4.74 Å². The summed E-state index contributed by atoms with van der Waals surface area (Å²) in [4.78, 5) is 32.7. The summed E-state index contributed by atoms with van der Waals surface area (Å²) in [7, 11) is 0. The van der Waals surface area contributed by atoms with Crippen molar-refractivity contribution in [2.24, 2.45) is 5.92 Å². The van der Waals surface area contributed by atoms with Gasteiger partial charge in [-0.15, -0.1) is 0 Å². The number of ether oxygens (including phenoxy) is 1. The van der Waals surface area contributed by atoms with Gasteiger partial charge in [0.05, 0.1) is 11.9 Å². The molecule has 2 amide bonds. The molecule has 2 heterocycles. The highest BCUT2D eigenvalue weighted by Gasteiger charge is 2.34. The summed E-state index contributed by atoms with van der Waals surface area (Å²) >= 11 is 0. The van der Waals surface area contributed by atoms with E-state index in [9.17, 15) is 9.59 Å². The number of benzene rings is 1. The summed E-state index contributed by atoms with van der Waals surface area (Å²) in [6, 6.07) is 13.0. The lowest BCUT2D eigenvalue weighted by molar-refractivity contribution is -0.132. The molecule has 146 valence electrons. The minimum atomic E-state index is -0.231. The van der Waals surface area contributed by atoms with Crippen molar-refractivity contribution in [3.05, 3.63) is 48.7 Å². The fourth-order valence-electron chi connectivity index (χ4n) is 3.25. The fourth-order valence-corrected chi connectivity index (χ4v) is 3.25. The Bertz CT molecular complexity index is 813. The molecule has 1 saturated carbocycles. The number of aromatic nitrogens is 1. The van der Waals surface area contributed by atoms with Crippen molar-refractivity contribution < 1.29 is 14.3 Å². The molecule has 2 aliphatic rings. The Morgan fingerprint density at radius 2 is 1.79 bits per heavy atom. The van der Waals surface area contributed by atoms with Gasteiger partial charge in [0.25, 0.3) is 5.91 Å². The lowest BCUT2D eigenvalue weighted by atomic mass is 10.2. The van der Waals surface area contributed by atoms with Crippen LogP contribution in [0.2, 0.25) is 0 Å². The van der Waals surface area contributed by atoms with E-state index >= 15 is 0 Å². The molecule has 0 unspecified atom stereocenters. The maximum absolute atomic E-state index is 12.1. The molecule has 2 aromatic rings. The zero-order valence-electron chi connectivity index (χ0n) is 15.7. The van der Waals surface area contributed by atoms with Crippen molar-refractivity contribution in [3.63, 3.8) is 0 Å². The monoisotopic (exact) mass is 380 g/mol. The number of amides is 2. The molecule has 2 fully saturated rings. The van der Waals surface area contributed by atoms with Crippen LogP contribution in [0, 0.1) is 5.92 Å². The number of anilines is 2. The Hall–Kier alpha value is -3.09. The van der Waals surface area contributed by atoms with E-state index < -0.39 is 0 Å². The van der Waals surface area contributed by atoms with Gasteiger partial charge >= 0.3 is 0 Å². The van der Waals surface area contributed by atoms with E-state index in [0.717, 1.165) is 44.8 Å². The van der Waals surface area contributed by atoms with Crippen LogP contribution in [0.3, 0.4) is 0 Å². The van der Waals surface area contributed by atoms with Crippen LogP contribution in [0.1, 0.15) is 12.8 Å². The molecule has 1 aliphatic heterocycles.